The van der Waals surface area contributed by atoms with Gasteiger partial charge in [-0.25, -0.2) is 4.39 Å². The summed E-state index contributed by atoms with van der Waals surface area (Å²) in [7, 11) is 0. The van der Waals surface area contributed by atoms with E-state index in [1.165, 1.54) is 6.07 Å². The van der Waals surface area contributed by atoms with E-state index in [0.29, 0.717) is 30.9 Å². The van der Waals surface area contributed by atoms with Gasteiger partial charge in [-0.05, 0) is 35.7 Å². The van der Waals surface area contributed by atoms with Crippen molar-refractivity contribution in [1.82, 2.24) is 0 Å². The first kappa shape index (κ1) is 14.2. The Kier molecular flexibility index (Phi) is 3.99. The summed E-state index contributed by atoms with van der Waals surface area (Å²) in [5.74, 6) is 0.990. The van der Waals surface area contributed by atoms with Crippen LogP contribution in [0.15, 0.2) is 36.4 Å². The molecule has 21 heavy (non-hydrogen) atoms. The van der Waals surface area contributed by atoms with Crippen LogP contribution in [-0.2, 0) is 6.42 Å². The van der Waals surface area contributed by atoms with Crippen molar-refractivity contribution in [3.63, 3.8) is 0 Å². The molecular weight excluding hydrogens is 293 g/mol. The lowest BCUT2D eigenvalue weighted by atomic mass is 9.99. The number of hydrogen-bond acceptors (Lipinski definition) is 3. The zero-order chi connectivity index (χ0) is 14.8. The highest BCUT2D eigenvalue weighted by Crippen LogP contribution is 2.33. The van der Waals surface area contributed by atoms with Gasteiger partial charge in [-0.1, -0.05) is 29.8 Å². The Morgan fingerprint density at radius 3 is 2.71 bits per heavy atom. The molecule has 1 unspecified atom stereocenters. The lowest BCUT2D eigenvalue weighted by Gasteiger charge is -2.20. The molecule has 1 atom stereocenters. The van der Waals surface area contributed by atoms with E-state index >= 15 is 0 Å². The SMILES string of the molecule is NC(Cc1cccc(F)c1Cl)c1ccc2c(c1)OCCO2. The zero-order valence-corrected chi connectivity index (χ0v) is 12.1. The third kappa shape index (κ3) is 2.96. The van der Waals surface area contributed by atoms with Crippen LogP contribution in [0.5, 0.6) is 11.5 Å². The second-order valence-electron chi connectivity index (χ2n) is 4.93. The quantitative estimate of drug-likeness (QED) is 0.944. The smallest absolute Gasteiger partial charge is 0.161 e. The van der Waals surface area contributed by atoms with Crippen LogP contribution in [0.2, 0.25) is 5.02 Å². The van der Waals surface area contributed by atoms with Crippen LogP contribution in [0.25, 0.3) is 0 Å². The van der Waals surface area contributed by atoms with Gasteiger partial charge in [0.2, 0.25) is 0 Å². The number of ether oxygens (including phenoxy) is 2. The van der Waals surface area contributed by atoms with Gasteiger partial charge in [0.15, 0.2) is 11.5 Å². The second kappa shape index (κ2) is 5.92. The molecule has 0 saturated heterocycles. The molecular formula is C16H15ClFNO2. The standard InChI is InChI=1S/C16H15ClFNO2/c17-16-11(2-1-3-12(16)18)8-13(19)10-4-5-14-15(9-10)21-7-6-20-14/h1-5,9,13H,6-8,19H2. The van der Waals surface area contributed by atoms with Crippen LogP contribution in [0.1, 0.15) is 17.2 Å². The number of fused-ring (bicyclic) bond motifs is 1. The molecule has 0 aromatic heterocycles. The second-order valence-corrected chi connectivity index (χ2v) is 5.30. The maximum atomic E-state index is 13.4. The van der Waals surface area contributed by atoms with E-state index in [0.717, 1.165) is 11.3 Å². The van der Waals surface area contributed by atoms with Crippen molar-refractivity contribution in [2.75, 3.05) is 13.2 Å². The average Bonchev–Trinajstić information content (AvgIpc) is 2.51. The fourth-order valence-electron chi connectivity index (χ4n) is 2.35. The van der Waals surface area contributed by atoms with Crippen LogP contribution in [0.4, 0.5) is 4.39 Å². The van der Waals surface area contributed by atoms with Crippen LogP contribution in [-0.4, -0.2) is 13.2 Å². The Hall–Kier alpha value is -1.78. The van der Waals surface area contributed by atoms with Gasteiger partial charge in [-0.15, -0.1) is 0 Å². The van der Waals surface area contributed by atoms with E-state index in [-0.39, 0.29) is 11.1 Å². The van der Waals surface area contributed by atoms with Gasteiger partial charge in [0, 0.05) is 6.04 Å². The minimum absolute atomic E-state index is 0.130. The van der Waals surface area contributed by atoms with Crippen molar-refractivity contribution in [3.05, 3.63) is 58.4 Å². The maximum Gasteiger partial charge on any atom is 0.161 e. The van der Waals surface area contributed by atoms with E-state index in [1.807, 2.05) is 18.2 Å². The average molecular weight is 308 g/mol. The van der Waals surface area contributed by atoms with Crippen molar-refractivity contribution in [2.24, 2.45) is 5.73 Å². The van der Waals surface area contributed by atoms with Gasteiger partial charge >= 0.3 is 0 Å². The first-order valence-corrected chi connectivity index (χ1v) is 7.11. The molecule has 2 N–H and O–H groups in total. The summed E-state index contributed by atoms with van der Waals surface area (Å²) in [6.07, 6.45) is 0.455. The summed E-state index contributed by atoms with van der Waals surface area (Å²) < 4.78 is 24.5. The number of rotatable bonds is 3. The third-order valence-corrected chi connectivity index (χ3v) is 3.89. The lowest BCUT2D eigenvalue weighted by molar-refractivity contribution is 0.171. The lowest BCUT2D eigenvalue weighted by Crippen LogP contribution is -2.17. The fraction of sp³-hybridized carbons (Fsp3) is 0.250. The highest BCUT2D eigenvalue weighted by atomic mass is 35.5. The van der Waals surface area contributed by atoms with Crippen molar-refractivity contribution in [2.45, 2.75) is 12.5 Å². The number of halogens is 2. The molecule has 0 radical (unpaired) electrons. The minimum atomic E-state index is -0.427. The number of nitrogens with two attached hydrogens (primary N) is 1. The topological polar surface area (TPSA) is 44.5 Å². The normalized spacial score (nSPS) is 14.8. The van der Waals surface area contributed by atoms with E-state index in [2.05, 4.69) is 0 Å². The van der Waals surface area contributed by atoms with Crippen LogP contribution in [0.3, 0.4) is 0 Å². The monoisotopic (exact) mass is 307 g/mol. The highest BCUT2D eigenvalue weighted by Gasteiger charge is 2.16. The molecule has 3 rings (SSSR count). The summed E-state index contributed by atoms with van der Waals surface area (Å²) in [4.78, 5) is 0. The molecule has 3 nitrogen and oxygen atoms in total. The molecule has 0 spiro atoms. The van der Waals surface area contributed by atoms with Crippen LogP contribution >= 0.6 is 11.6 Å². The van der Waals surface area contributed by atoms with E-state index in [9.17, 15) is 4.39 Å². The highest BCUT2D eigenvalue weighted by molar-refractivity contribution is 6.31. The molecule has 0 fully saturated rings. The molecule has 1 aliphatic rings. The van der Waals surface area contributed by atoms with Crippen molar-refractivity contribution in [3.8, 4) is 11.5 Å². The first-order chi connectivity index (χ1) is 10.1. The summed E-state index contributed by atoms with van der Waals surface area (Å²) in [5.41, 5.74) is 7.80. The molecule has 2 aromatic carbocycles. The Bertz CT molecular complexity index is 663. The molecule has 0 aliphatic carbocycles. The van der Waals surface area contributed by atoms with Gasteiger partial charge in [-0.3, -0.25) is 0 Å². The molecule has 1 heterocycles. The molecule has 2 aromatic rings. The minimum Gasteiger partial charge on any atom is -0.486 e. The molecule has 0 saturated carbocycles. The Balaban J connectivity index is 1.82. The summed E-state index contributed by atoms with van der Waals surface area (Å²) in [6, 6.07) is 10.1. The first-order valence-electron chi connectivity index (χ1n) is 6.73. The predicted octanol–water partition coefficient (Wildman–Crippen LogP) is 3.49. The summed E-state index contributed by atoms with van der Waals surface area (Å²) >= 11 is 5.96. The van der Waals surface area contributed by atoms with Gasteiger partial charge in [0.05, 0.1) is 5.02 Å². The van der Waals surface area contributed by atoms with Gasteiger partial charge in [-0.2, -0.15) is 0 Å². The zero-order valence-electron chi connectivity index (χ0n) is 11.3. The van der Waals surface area contributed by atoms with Crippen molar-refractivity contribution >= 4 is 11.6 Å². The summed E-state index contributed by atoms with van der Waals surface area (Å²) in [5, 5.41) is 0.130. The molecule has 0 amide bonds. The largest absolute Gasteiger partial charge is 0.486 e. The number of hydrogen-bond donors (Lipinski definition) is 1. The van der Waals surface area contributed by atoms with Gasteiger partial charge in [0.1, 0.15) is 19.0 Å². The maximum absolute atomic E-state index is 13.4. The fourth-order valence-corrected chi connectivity index (χ4v) is 2.55. The van der Waals surface area contributed by atoms with Crippen molar-refractivity contribution in [1.29, 1.82) is 0 Å². The van der Waals surface area contributed by atoms with Crippen LogP contribution in [0, 0.1) is 5.82 Å². The molecule has 5 heteroatoms. The molecule has 0 bridgehead atoms. The Labute approximate surface area is 127 Å². The van der Waals surface area contributed by atoms with E-state index in [4.69, 9.17) is 26.8 Å². The van der Waals surface area contributed by atoms with Gasteiger partial charge in [0.25, 0.3) is 0 Å². The van der Waals surface area contributed by atoms with Crippen molar-refractivity contribution < 1.29 is 13.9 Å². The number of benzene rings is 2. The van der Waals surface area contributed by atoms with E-state index in [1.54, 1.807) is 12.1 Å². The predicted molar refractivity (Wildman–Crippen MR) is 79.5 cm³/mol. The van der Waals surface area contributed by atoms with Gasteiger partial charge < -0.3 is 15.2 Å². The third-order valence-electron chi connectivity index (χ3n) is 3.47. The molecule has 110 valence electrons. The van der Waals surface area contributed by atoms with Crippen LogP contribution < -0.4 is 15.2 Å². The summed E-state index contributed by atoms with van der Waals surface area (Å²) in [6.45, 7) is 1.08. The Morgan fingerprint density at radius 1 is 1.14 bits per heavy atom. The molecule has 1 aliphatic heterocycles. The van der Waals surface area contributed by atoms with E-state index < -0.39 is 5.82 Å². The Morgan fingerprint density at radius 2 is 1.90 bits per heavy atom.